The number of aromatic nitrogens is 4. The van der Waals surface area contributed by atoms with Crippen LogP contribution in [0.4, 0.5) is 0 Å². The first kappa shape index (κ1) is 26.8. The Hall–Kier alpha value is -7.04. The van der Waals surface area contributed by atoms with E-state index >= 15 is 0 Å². The lowest BCUT2D eigenvalue weighted by molar-refractivity contribution is 1.17. The number of rotatable bonds is 2. The van der Waals surface area contributed by atoms with E-state index < -0.39 is 0 Å². The third-order valence-corrected chi connectivity index (χ3v) is 11.6. The van der Waals surface area contributed by atoms with Crippen LogP contribution in [0.15, 0.2) is 170 Å². The summed E-state index contributed by atoms with van der Waals surface area (Å²) in [7, 11) is 0. The molecule has 0 saturated carbocycles. The van der Waals surface area contributed by atoms with E-state index in [-0.39, 0.29) is 0 Å². The number of benzene rings is 8. The van der Waals surface area contributed by atoms with Crippen molar-refractivity contribution in [2.75, 3.05) is 0 Å². The third-order valence-electron chi connectivity index (χ3n) is 11.6. The molecule has 4 heteroatoms. The van der Waals surface area contributed by atoms with Crippen LogP contribution in [-0.2, 0) is 0 Å². The van der Waals surface area contributed by atoms with Crippen LogP contribution in [0, 0.1) is 0 Å². The summed E-state index contributed by atoms with van der Waals surface area (Å²) >= 11 is 0. The van der Waals surface area contributed by atoms with Crippen LogP contribution in [-0.4, -0.2) is 17.9 Å². The van der Waals surface area contributed by atoms with Crippen molar-refractivity contribution in [3.05, 3.63) is 170 Å². The molecule has 0 spiro atoms. The first-order valence-electron chi connectivity index (χ1n) is 18.0. The van der Waals surface area contributed by atoms with Crippen molar-refractivity contribution < 1.29 is 0 Å². The van der Waals surface area contributed by atoms with Gasteiger partial charge in [-0.3, -0.25) is 0 Å². The Bertz CT molecular complexity index is 3370. The molecule has 0 saturated heterocycles. The molecule has 4 nitrogen and oxygen atoms in total. The molecule has 5 heterocycles. The molecule has 0 bridgehead atoms. The van der Waals surface area contributed by atoms with Crippen molar-refractivity contribution >= 4 is 98.3 Å². The van der Waals surface area contributed by atoms with Gasteiger partial charge in [-0.05, 0) is 60.7 Å². The van der Waals surface area contributed by atoms with Gasteiger partial charge in [0.2, 0.25) is 0 Å². The van der Waals surface area contributed by atoms with Gasteiger partial charge in [-0.1, -0.05) is 109 Å². The predicted octanol–water partition coefficient (Wildman–Crippen LogP) is 12.4. The average Bonchev–Trinajstić information content (AvgIpc) is 3.93. The highest BCUT2D eigenvalue weighted by atomic mass is 15.0. The van der Waals surface area contributed by atoms with Crippen molar-refractivity contribution in [1.82, 2.24) is 17.9 Å². The fourth-order valence-corrected chi connectivity index (χ4v) is 9.74. The Morgan fingerprint density at radius 2 is 0.577 bits per heavy atom. The van der Waals surface area contributed by atoms with Crippen molar-refractivity contribution in [2.45, 2.75) is 0 Å². The fraction of sp³-hybridized carbons (Fsp3) is 0. The zero-order valence-corrected chi connectivity index (χ0v) is 28.0. The Balaban J connectivity index is 1.39. The van der Waals surface area contributed by atoms with Gasteiger partial charge in [0.15, 0.2) is 0 Å². The summed E-state index contributed by atoms with van der Waals surface area (Å²) in [5.74, 6) is 0. The fourth-order valence-electron chi connectivity index (χ4n) is 9.74. The van der Waals surface area contributed by atoms with E-state index in [1.54, 1.807) is 0 Å². The highest BCUT2D eigenvalue weighted by molar-refractivity contribution is 6.36. The lowest BCUT2D eigenvalue weighted by atomic mass is 10.0. The highest BCUT2D eigenvalue weighted by Crippen LogP contribution is 2.49. The minimum absolute atomic E-state index is 1.16. The first-order valence-corrected chi connectivity index (χ1v) is 18.0. The lowest BCUT2D eigenvalue weighted by Crippen LogP contribution is -1.99. The minimum atomic E-state index is 1.16. The van der Waals surface area contributed by atoms with E-state index in [1.807, 2.05) is 0 Å². The molecule has 52 heavy (non-hydrogen) atoms. The maximum atomic E-state index is 2.57. The van der Waals surface area contributed by atoms with E-state index in [0.717, 1.165) is 11.4 Å². The van der Waals surface area contributed by atoms with Gasteiger partial charge in [0, 0.05) is 54.5 Å². The van der Waals surface area contributed by atoms with Crippen molar-refractivity contribution in [3.63, 3.8) is 0 Å². The number of nitrogens with zero attached hydrogens (tertiary/aromatic N) is 4. The molecule has 0 unspecified atom stereocenters. The van der Waals surface area contributed by atoms with Gasteiger partial charge in [-0.25, -0.2) is 0 Å². The van der Waals surface area contributed by atoms with Crippen LogP contribution in [0.3, 0.4) is 0 Å². The summed E-state index contributed by atoms with van der Waals surface area (Å²) in [5, 5.41) is 10.3. The zero-order chi connectivity index (χ0) is 33.7. The molecular weight excluding hydrogens is 633 g/mol. The molecule has 0 aliphatic rings. The van der Waals surface area contributed by atoms with Gasteiger partial charge < -0.3 is 17.9 Å². The van der Waals surface area contributed by atoms with Gasteiger partial charge in [0.25, 0.3) is 0 Å². The van der Waals surface area contributed by atoms with Crippen molar-refractivity contribution in [2.24, 2.45) is 0 Å². The van der Waals surface area contributed by atoms with Gasteiger partial charge >= 0.3 is 0 Å². The second kappa shape index (κ2) is 9.39. The monoisotopic (exact) mass is 660 g/mol. The maximum absolute atomic E-state index is 2.57. The van der Waals surface area contributed by atoms with Crippen LogP contribution < -0.4 is 0 Å². The highest BCUT2D eigenvalue weighted by Gasteiger charge is 2.28. The third kappa shape index (κ3) is 3.07. The Labute approximate surface area is 296 Å². The normalized spacial score (nSPS) is 12.6. The Kier molecular flexibility index (Phi) is 4.83. The molecule has 0 radical (unpaired) electrons. The average molecular weight is 661 g/mol. The lowest BCUT2D eigenvalue weighted by Gasteiger charge is -2.14. The van der Waals surface area contributed by atoms with E-state index in [4.69, 9.17) is 0 Å². The Morgan fingerprint density at radius 3 is 0.981 bits per heavy atom. The van der Waals surface area contributed by atoms with Crippen LogP contribution in [0.25, 0.3) is 110 Å². The number of fused-ring (bicyclic) bond motifs is 16. The molecular formula is C48H28N4. The maximum Gasteiger partial charge on any atom is 0.0791 e. The number of hydrogen-bond donors (Lipinski definition) is 0. The molecule has 13 aromatic rings. The molecule has 8 aromatic carbocycles. The van der Waals surface area contributed by atoms with E-state index in [9.17, 15) is 0 Å². The van der Waals surface area contributed by atoms with Gasteiger partial charge in [-0.15, -0.1) is 0 Å². The van der Waals surface area contributed by atoms with Crippen LogP contribution in [0.2, 0.25) is 0 Å². The molecule has 0 atom stereocenters. The van der Waals surface area contributed by atoms with Crippen LogP contribution in [0.1, 0.15) is 0 Å². The number of hydrogen-bond acceptors (Lipinski definition) is 0. The molecule has 0 amide bonds. The second-order valence-corrected chi connectivity index (χ2v) is 14.1. The van der Waals surface area contributed by atoms with E-state index in [0.29, 0.717) is 0 Å². The summed E-state index contributed by atoms with van der Waals surface area (Å²) < 4.78 is 10.1. The largest absolute Gasteiger partial charge is 0.309 e. The SMILES string of the molecule is c1ccc(-n2c3ccccc3c3c4c5ccccc5n5c6cc7c(c8ccccc8n7-c7ccccc7)c7c8ccccc8n(c(cc32)c45)c76)cc1. The number of para-hydroxylation sites is 6. The quantitative estimate of drug-likeness (QED) is 0.164. The van der Waals surface area contributed by atoms with Gasteiger partial charge in [0.05, 0.1) is 55.2 Å². The second-order valence-electron chi connectivity index (χ2n) is 14.1. The topological polar surface area (TPSA) is 18.7 Å². The van der Waals surface area contributed by atoms with Gasteiger partial charge in [-0.2, -0.15) is 0 Å². The molecule has 13 rings (SSSR count). The summed E-state index contributed by atoms with van der Waals surface area (Å²) in [6.07, 6.45) is 0. The molecule has 0 aliphatic heterocycles. The summed E-state index contributed by atoms with van der Waals surface area (Å²) in [5.41, 5.74) is 14.6. The molecule has 0 N–H and O–H groups in total. The molecule has 240 valence electrons. The van der Waals surface area contributed by atoms with Crippen LogP contribution in [0.5, 0.6) is 0 Å². The standard InChI is InChI=1S/C48H28N4/c1-3-15-29(16-4-1)49-35-23-11-7-19-31(35)43-39(49)27-41-47-45(43)33-21-9-13-25-37(33)52(47)42-28-40-44(46-34-22-10-14-26-38(34)51(41)48(42)46)32-20-8-12-24-36(32)50(40)30-17-5-2-6-18-30/h1-28H. The van der Waals surface area contributed by atoms with Gasteiger partial charge in [0.1, 0.15) is 0 Å². The van der Waals surface area contributed by atoms with Crippen molar-refractivity contribution in [1.29, 1.82) is 0 Å². The Morgan fingerprint density at radius 1 is 0.250 bits per heavy atom. The zero-order valence-electron chi connectivity index (χ0n) is 28.0. The molecule has 0 aliphatic carbocycles. The molecule has 5 aromatic heterocycles. The first-order chi connectivity index (χ1) is 25.9. The van der Waals surface area contributed by atoms with Crippen molar-refractivity contribution in [3.8, 4) is 11.4 Å². The van der Waals surface area contributed by atoms with E-state index in [1.165, 1.54) is 98.3 Å². The van der Waals surface area contributed by atoms with Crippen LogP contribution >= 0.6 is 0 Å². The molecule has 0 fully saturated rings. The summed E-state index contributed by atoms with van der Waals surface area (Å²) in [6.45, 7) is 0. The summed E-state index contributed by atoms with van der Waals surface area (Å²) in [4.78, 5) is 0. The minimum Gasteiger partial charge on any atom is -0.309 e. The van der Waals surface area contributed by atoms with E-state index in [2.05, 4.69) is 188 Å². The predicted molar refractivity (Wildman–Crippen MR) is 218 cm³/mol. The summed E-state index contributed by atoms with van der Waals surface area (Å²) in [6, 6.07) is 62.4. The smallest absolute Gasteiger partial charge is 0.0791 e.